The van der Waals surface area contributed by atoms with E-state index in [1.54, 1.807) is 6.20 Å². The summed E-state index contributed by atoms with van der Waals surface area (Å²) in [5, 5.41) is 2.13. The lowest BCUT2D eigenvalue weighted by molar-refractivity contribution is 1.26. The number of benzene rings is 1. The Labute approximate surface area is 85.8 Å². The number of rotatable bonds is 0. The van der Waals surface area contributed by atoms with E-state index in [1.807, 2.05) is 18.2 Å². The fourth-order valence-corrected chi connectivity index (χ4v) is 2.08. The minimum atomic E-state index is -0.0666. The van der Waals surface area contributed by atoms with Crippen LogP contribution in [0.5, 0.6) is 0 Å². The van der Waals surface area contributed by atoms with E-state index in [0.29, 0.717) is 5.52 Å². The summed E-state index contributed by atoms with van der Waals surface area (Å²) in [6.07, 6.45) is 1.68. The topological polar surface area (TPSA) is 48.6 Å². The molecule has 2 heterocycles. The summed E-state index contributed by atoms with van der Waals surface area (Å²) in [6.45, 7) is 2.05. The van der Waals surface area contributed by atoms with Crippen LogP contribution in [0.3, 0.4) is 0 Å². The van der Waals surface area contributed by atoms with Crippen molar-refractivity contribution in [1.82, 2.24) is 9.97 Å². The van der Waals surface area contributed by atoms with Crippen LogP contribution in [0.1, 0.15) is 5.56 Å². The van der Waals surface area contributed by atoms with Gasteiger partial charge in [-0.15, -0.1) is 0 Å². The maximum Gasteiger partial charge on any atom is 0.272 e. The minimum absolute atomic E-state index is 0.0666. The van der Waals surface area contributed by atoms with Crippen molar-refractivity contribution in [3.8, 4) is 0 Å². The second-order valence-electron chi connectivity index (χ2n) is 3.72. The summed E-state index contributed by atoms with van der Waals surface area (Å²) in [7, 11) is 0. The molecular formula is C12H10N2O. The molecule has 0 saturated heterocycles. The molecular weight excluding hydrogens is 188 g/mol. The second-order valence-corrected chi connectivity index (χ2v) is 3.72. The molecule has 0 atom stereocenters. The molecule has 0 radical (unpaired) electrons. The van der Waals surface area contributed by atoms with Crippen LogP contribution in [0.25, 0.3) is 21.8 Å². The third-order valence-electron chi connectivity index (χ3n) is 2.76. The molecule has 2 aromatic heterocycles. The van der Waals surface area contributed by atoms with Crippen LogP contribution >= 0.6 is 0 Å². The highest BCUT2D eigenvalue weighted by atomic mass is 16.1. The van der Waals surface area contributed by atoms with Gasteiger partial charge in [0, 0.05) is 22.5 Å². The lowest BCUT2D eigenvalue weighted by Crippen LogP contribution is -2.03. The maximum atomic E-state index is 11.6. The number of fused-ring (bicyclic) bond motifs is 3. The summed E-state index contributed by atoms with van der Waals surface area (Å²) in [6, 6.07) is 7.96. The molecule has 0 aliphatic carbocycles. The largest absolute Gasteiger partial charge is 0.350 e. The molecule has 3 heteroatoms. The van der Waals surface area contributed by atoms with Crippen molar-refractivity contribution >= 4 is 21.8 Å². The summed E-state index contributed by atoms with van der Waals surface area (Å²) in [5.41, 5.74) is 2.79. The Kier molecular flexibility index (Phi) is 1.51. The van der Waals surface area contributed by atoms with Gasteiger partial charge in [0.15, 0.2) is 0 Å². The zero-order valence-corrected chi connectivity index (χ0v) is 8.29. The first-order valence-corrected chi connectivity index (χ1v) is 4.86. The second kappa shape index (κ2) is 2.73. The fraction of sp³-hybridized carbons (Fsp3) is 0.0833. The number of nitrogens with one attached hydrogen (secondary N) is 2. The molecule has 15 heavy (non-hydrogen) atoms. The fourth-order valence-electron chi connectivity index (χ4n) is 2.08. The Morgan fingerprint density at radius 2 is 2.07 bits per heavy atom. The van der Waals surface area contributed by atoms with E-state index in [1.165, 1.54) is 5.56 Å². The van der Waals surface area contributed by atoms with Gasteiger partial charge in [0.25, 0.3) is 5.56 Å². The van der Waals surface area contributed by atoms with Crippen molar-refractivity contribution in [2.75, 3.05) is 0 Å². The number of aryl methyl sites for hydroxylation is 1. The van der Waals surface area contributed by atoms with Crippen molar-refractivity contribution in [3.05, 3.63) is 46.4 Å². The Morgan fingerprint density at radius 1 is 1.20 bits per heavy atom. The van der Waals surface area contributed by atoms with Crippen molar-refractivity contribution in [1.29, 1.82) is 0 Å². The molecule has 2 N–H and O–H groups in total. The van der Waals surface area contributed by atoms with Gasteiger partial charge < -0.3 is 9.97 Å². The highest BCUT2D eigenvalue weighted by molar-refractivity contribution is 6.08. The average Bonchev–Trinajstić information content (AvgIpc) is 2.59. The van der Waals surface area contributed by atoms with E-state index in [0.717, 1.165) is 16.3 Å². The first kappa shape index (κ1) is 8.29. The zero-order valence-electron chi connectivity index (χ0n) is 8.29. The van der Waals surface area contributed by atoms with Crippen LogP contribution in [-0.2, 0) is 0 Å². The van der Waals surface area contributed by atoms with Gasteiger partial charge in [-0.3, -0.25) is 4.79 Å². The van der Waals surface area contributed by atoms with Crippen molar-refractivity contribution in [2.24, 2.45) is 0 Å². The summed E-state index contributed by atoms with van der Waals surface area (Å²) in [4.78, 5) is 17.4. The van der Waals surface area contributed by atoms with Crippen LogP contribution in [0.2, 0.25) is 0 Å². The maximum absolute atomic E-state index is 11.6. The number of hydrogen-bond acceptors (Lipinski definition) is 1. The molecule has 0 unspecified atom stereocenters. The number of aromatic amines is 2. The Hall–Kier alpha value is -2.03. The Balaban J connectivity index is 2.71. The molecule has 0 bridgehead atoms. The molecule has 3 rings (SSSR count). The van der Waals surface area contributed by atoms with Gasteiger partial charge in [0.1, 0.15) is 5.52 Å². The van der Waals surface area contributed by atoms with E-state index in [2.05, 4.69) is 23.0 Å². The van der Waals surface area contributed by atoms with Crippen LogP contribution in [0, 0.1) is 6.92 Å². The predicted molar refractivity (Wildman–Crippen MR) is 61.2 cm³/mol. The van der Waals surface area contributed by atoms with Crippen molar-refractivity contribution in [2.45, 2.75) is 6.92 Å². The average molecular weight is 198 g/mol. The van der Waals surface area contributed by atoms with Gasteiger partial charge in [-0.2, -0.15) is 0 Å². The minimum Gasteiger partial charge on any atom is -0.350 e. The standard InChI is InChI=1S/C12H10N2O/c1-7-3-2-4-9-10(7)8-5-6-13-12(15)11(8)14-9/h2-6,14H,1H3,(H,13,15). The monoisotopic (exact) mass is 198 g/mol. The molecule has 3 aromatic rings. The van der Waals surface area contributed by atoms with Gasteiger partial charge in [-0.05, 0) is 24.6 Å². The molecule has 0 saturated carbocycles. The Bertz CT molecular complexity index is 706. The number of H-pyrrole nitrogens is 2. The first-order chi connectivity index (χ1) is 7.27. The normalized spacial score (nSPS) is 11.3. The Morgan fingerprint density at radius 3 is 2.93 bits per heavy atom. The molecule has 0 fully saturated rings. The lowest BCUT2D eigenvalue weighted by Gasteiger charge is -1.94. The van der Waals surface area contributed by atoms with Crippen molar-refractivity contribution in [3.63, 3.8) is 0 Å². The summed E-state index contributed by atoms with van der Waals surface area (Å²) >= 11 is 0. The molecule has 1 aromatic carbocycles. The van der Waals surface area contributed by atoms with Gasteiger partial charge in [0.05, 0.1) is 0 Å². The molecule has 0 amide bonds. The van der Waals surface area contributed by atoms with E-state index < -0.39 is 0 Å². The lowest BCUT2D eigenvalue weighted by atomic mass is 10.1. The molecule has 0 aliphatic heterocycles. The highest BCUT2D eigenvalue weighted by Crippen LogP contribution is 2.25. The first-order valence-electron chi connectivity index (χ1n) is 4.86. The predicted octanol–water partition coefficient (Wildman–Crippen LogP) is 2.32. The van der Waals surface area contributed by atoms with Gasteiger partial charge >= 0.3 is 0 Å². The molecule has 74 valence electrons. The van der Waals surface area contributed by atoms with Crippen LogP contribution in [-0.4, -0.2) is 9.97 Å². The van der Waals surface area contributed by atoms with Gasteiger partial charge in [-0.1, -0.05) is 12.1 Å². The van der Waals surface area contributed by atoms with Crippen LogP contribution in [0.15, 0.2) is 35.3 Å². The van der Waals surface area contributed by atoms with E-state index in [4.69, 9.17) is 0 Å². The molecule has 0 spiro atoms. The zero-order chi connectivity index (χ0) is 10.4. The SMILES string of the molecule is Cc1cccc2[nH]c3c(=O)[nH]ccc3c12. The van der Waals surface area contributed by atoms with Crippen LogP contribution in [0.4, 0.5) is 0 Å². The molecule has 0 aliphatic rings. The van der Waals surface area contributed by atoms with E-state index >= 15 is 0 Å². The third-order valence-corrected chi connectivity index (χ3v) is 2.76. The third kappa shape index (κ3) is 1.03. The molecule has 3 nitrogen and oxygen atoms in total. The van der Waals surface area contributed by atoms with Crippen molar-refractivity contribution < 1.29 is 0 Å². The highest BCUT2D eigenvalue weighted by Gasteiger charge is 2.07. The quantitative estimate of drug-likeness (QED) is 0.572. The number of aromatic nitrogens is 2. The summed E-state index contributed by atoms with van der Waals surface area (Å²) < 4.78 is 0. The van der Waals surface area contributed by atoms with E-state index in [-0.39, 0.29) is 5.56 Å². The van der Waals surface area contributed by atoms with Gasteiger partial charge in [0.2, 0.25) is 0 Å². The van der Waals surface area contributed by atoms with E-state index in [9.17, 15) is 4.79 Å². The van der Waals surface area contributed by atoms with Crippen LogP contribution < -0.4 is 5.56 Å². The summed E-state index contributed by atoms with van der Waals surface area (Å²) in [5.74, 6) is 0. The smallest absolute Gasteiger partial charge is 0.272 e. The van der Waals surface area contributed by atoms with Gasteiger partial charge in [-0.25, -0.2) is 0 Å². The number of pyridine rings is 1. The number of hydrogen-bond donors (Lipinski definition) is 2.